The van der Waals surface area contributed by atoms with Gasteiger partial charge in [0, 0.05) is 23.9 Å². The highest BCUT2D eigenvalue weighted by Crippen LogP contribution is 2.30. The summed E-state index contributed by atoms with van der Waals surface area (Å²) >= 11 is 11.5. The van der Waals surface area contributed by atoms with Gasteiger partial charge in [0.1, 0.15) is 0 Å². The second kappa shape index (κ2) is 6.28. The first kappa shape index (κ1) is 15.5. The molecule has 7 heteroatoms. The van der Waals surface area contributed by atoms with Gasteiger partial charge in [0.25, 0.3) is 5.69 Å². The van der Waals surface area contributed by atoms with Crippen molar-refractivity contribution >= 4 is 34.6 Å². The Morgan fingerprint density at radius 2 is 1.86 bits per heavy atom. The van der Waals surface area contributed by atoms with Gasteiger partial charge in [-0.05, 0) is 24.6 Å². The Balaban J connectivity index is 2.23. The SMILES string of the molecule is CC(Nc1cc(Cl)c(F)c(Cl)c1)c1cccc([N+](=O)[O-])c1. The lowest BCUT2D eigenvalue weighted by molar-refractivity contribution is -0.384. The zero-order chi connectivity index (χ0) is 15.6. The van der Waals surface area contributed by atoms with E-state index in [1.54, 1.807) is 12.1 Å². The van der Waals surface area contributed by atoms with Crippen LogP contribution in [0.5, 0.6) is 0 Å². The fourth-order valence-electron chi connectivity index (χ4n) is 1.88. The molecule has 0 spiro atoms. The number of nitro benzene ring substituents is 1. The van der Waals surface area contributed by atoms with E-state index in [4.69, 9.17) is 23.2 Å². The number of halogens is 3. The maximum Gasteiger partial charge on any atom is 0.269 e. The minimum absolute atomic E-state index is 0.0105. The maximum absolute atomic E-state index is 13.3. The van der Waals surface area contributed by atoms with Crippen LogP contribution in [0.15, 0.2) is 36.4 Å². The molecule has 0 aliphatic rings. The van der Waals surface area contributed by atoms with Crippen molar-refractivity contribution in [1.82, 2.24) is 0 Å². The van der Waals surface area contributed by atoms with Crippen molar-refractivity contribution < 1.29 is 9.31 Å². The molecule has 0 fully saturated rings. The molecule has 0 aliphatic carbocycles. The van der Waals surface area contributed by atoms with Crippen molar-refractivity contribution in [2.75, 3.05) is 5.32 Å². The van der Waals surface area contributed by atoms with Gasteiger partial charge >= 0.3 is 0 Å². The molecule has 0 aromatic heterocycles. The number of hydrogen-bond acceptors (Lipinski definition) is 3. The first-order valence-electron chi connectivity index (χ1n) is 6.04. The molecule has 0 heterocycles. The molecule has 0 bridgehead atoms. The zero-order valence-electron chi connectivity index (χ0n) is 10.9. The molecule has 2 aromatic carbocycles. The van der Waals surface area contributed by atoms with Crippen molar-refractivity contribution in [2.45, 2.75) is 13.0 Å². The largest absolute Gasteiger partial charge is 0.378 e. The Bertz CT molecular complexity index is 671. The molecule has 0 amide bonds. The van der Waals surface area contributed by atoms with Crippen molar-refractivity contribution in [3.63, 3.8) is 0 Å². The standard InChI is InChI=1S/C14H11Cl2FN2O2/c1-8(9-3-2-4-11(5-9)19(20)21)18-10-6-12(15)14(17)13(16)7-10/h2-8,18H,1H3. The second-order valence-electron chi connectivity index (χ2n) is 4.47. The lowest BCUT2D eigenvalue weighted by Gasteiger charge is -2.16. The highest BCUT2D eigenvalue weighted by molar-refractivity contribution is 6.35. The molecule has 0 radical (unpaired) electrons. The number of non-ortho nitro benzene ring substituents is 1. The van der Waals surface area contributed by atoms with Crippen LogP contribution < -0.4 is 5.32 Å². The van der Waals surface area contributed by atoms with Crippen LogP contribution in [0.25, 0.3) is 0 Å². The Kier molecular flexibility index (Phi) is 4.65. The highest BCUT2D eigenvalue weighted by atomic mass is 35.5. The maximum atomic E-state index is 13.3. The third-order valence-corrected chi connectivity index (χ3v) is 3.50. The summed E-state index contributed by atoms with van der Waals surface area (Å²) in [6.45, 7) is 1.82. The minimum Gasteiger partial charge on any atom is -0.378 e. The van der Waals surface area contributed by atoms with E-state index >= 15 is 0 Å². The molecule has 1 unspecified atom stereocenters. The third kappa shape index (κ3) is 3.62. The summed E-state index contributed by atoms with van der Waals surface area (Å²) in [5, 5.41) is 13.7. The van der Waals surface area contributed by atoms with Crippen molar-refractivity contribution in [2.24, 2.45) is 0 Å². The first-order chi connectivity index (χ1) is 9.88. The quantitative estimate of drug-likeness (QED) is 0.476. The van der Waals surface area contributed by atoms with E-state index in [0.717, 1.165) is 5.56 Å². The monoisotopic (exact) mass is 328 g/mol. The molecule has 0 saturated carbocycles. The average Bonchev–Trinajstić information content (AvgIpc) is 2.44. The summed E-state index contributed by atoms with van der Waals surface area (Å²) in [6, 6.07) is 8.86. The highest BCUT2D eigenvalue weighted by Gasteiger charge is 2.13. The Hall–Kier alpha value is -1.85. The summed E-state index contributed by atoms with van der Waals surface area (Å²) in [7, 11) is 0. The zero-order valence-corrected chi connectivity index (χ0v) is 12.5. The van der Waals surface area contributed by atoms with Gasteiger partial charge in [0.15, 0.2) is 5.82 Å². The van der Waals surface area contributed by atoms with Gasteiger partial charge in [0.2, 0.25) is 0 Å². The Morgan fingerprint density at radius 3 is 2.43 bits per heavy atom. The number of nitrogens with zero attached hydrogens (tertiary/aromatic N) is 1. The molecular formula is C14H11Cl2FN2O2. The first-order valence-corrected chi connectivity index (χ1v) is 6.79. The van der Waals surface area contributed by atoms with Gasteiger partial charge < -0.3 is 5.32 Å². The van der Waals surface area contributed by atoms with Gasteiger partial charge in [-0.1, -0.05) is 35.3 Å². The molecule has 2 aromatic rings. The number of nitrogens with one attached hydrogen (secondary N) is 1. The number of rotatable bonds is 4. The van der Waals surface area contributed by atoms with Crippen LogP contribution in [0, 0.1) is 15.9 Å². The number of benzene rings is 2. The molecule has 2 rings (SSSR count). The number of anilines is 1. The Labute approximate surface area is 130 Å². The van der Waals surface area contributed by atoms with Gasteiger partial charge in [-0.25, -0.2) is 4.39 Å². The molecule has 0 saturated heterocycles. The molecule has 21 heavy (non-hydrogen) atoms. The predicted molar refractivity (Wildman–Crippen MR) is 81.6 cm³/mol. The molecule has 1 atom stereocenters. The van der Waals surface area contributed by atoms with Crippen molar-refractivity contribution in [3.05, 3.63) is 67.9 Å². The average molecular weight is 329 g/mol. The van der Waals surface area contributed by atoms with Crippen LogP contribution >= 0.6 is 23.2 Å². The van der Waals surface area contributed by atoms with E-state index in [2.05, 4.69) is 5.32 Å². The van der Waals surface area contributed by atoms with Gasteiger partial charge in [-0.15, -0.1) is 0 Å². The second-order valence-corrected chi connectivity index (χ2v) is 5.29. The van der Waals surface area contributed by atoms with E-state index in [9.17, 15) is 14.5 Å². The van der Waals surface area contributed by atoms with E-state index in [1.807, 2.05) is 6.92 Å². The lowest BCUT2D eigenvalue weighted by atomic mass is 10.1. The number of nitro groups is 1. The molecule has 0 aliphatic heterocycles. The summed E-state index contributed by atoms with van der Waals surface area (Å²) in [5.41, 5.74) is 1.27. The molecule has 4 nitrogen and oxygen atoms in total. The summed E-state index contributed by atoms with van der Waals surface area (Å²) < 4.78 is 13.3. The lowest BCUT2D eigenvalue weighted by Crippen LogP contribution is -2.07. The van der Waals surface area contributed by atoms with E-state index in [1.165, 1.54) is 24.3 Å². The van der Waals surface area contributed by atoms with E-state index in [-0.39, 0.29) is 21.8 Å². The smallest absolute Gasteiger partial charge is 0.269 e. The van der Waals surface area contributed by atoms with Crippen LogP contribution in [0.2, 0.25) is 10.0 Å². The molecule has 1 N–H and O–H groups in total. The van der Waals surface area contributed by atoms with E-state index < -0.39 is 10.7 Å². The normalized spacial score (nSPS) is 12.0. The summed E-state index contributed by atoms with van der Waals surface area (Å²) in [6.07, 6.45) is 0. The number of hydrogen-bond donors (Lipinski definition) is 1. The molecule has 110 valence electrons. The van der Waals surface area contributed by atoms with Crippen LogP contribution in [0.1, 0.15) is 18.5 Å². The summed E-state index contributed by atoms with van der Waals surface area (Å²) in [5.74, 6) is -0.674. The predicted octanol–water partition coefficient (Wildman–Crippen LogP) is 5.21. The van der Waals surface area contributed by atoms with Gasteiger partial charge in [-0.2, -0.15) is 0 Å². The van der Waals surface area contributed by atoms with Crippen LogP contribution in [-0.4, -0.2) is 4.92 Å². The van der Waals surface area contributed by atoms with Crippen LogP contribution in [-0.2, 0) is 0 Å². The van der Waals surface area contributed by atoms with Crippen molar-refractivity contribution in [3.8, 4) is 0 Å². The summed E-state index contributed by atoms with van der Waals surface area (Å²) in [4.78, 5) is 10.3. The van der Waals surface area contributed by atoms with Gasteiger partial charge in [-0.3, -0.25) is 10.1 Å². The fourth-order valence-corrected chi connectivity index (χ4v) is 2.37. The fraction of sp³-hybridized carbons (Fsp3) is 0.143. The topological polar surface area (TPSA) is 55.2 Å². The Morgan fingerprint density at radius 1 is 1.24 bits per heavy atom. The third-order valence-electron chi connectivity index (χ3n) is 2.95. The van der Waals surface area contributed by atoms with E-state index in [0.29, 0.717) is 5.69 Å². The van der Waals surface area contributed by atoms with Crippen LogP contribution in [0.3, 0.4) is 0 Å². The van der Waals surface area contributed by atoms with Crippen molar-refractivity contribution in [1.29, 1.82) is 0 Å². The van der Waals surface area contributed by atoms with Gasteiger partial charge in [0.05, 0.1) is 15.0 Å². The minimum atomic E-state index is -0.674. The van der Waals surface area contributed by atoms with Crippen LogP contribution in [0.4, 0.5) is 15.8 Å². The molecular weight excluding hydrogens is 318 g/mol.